The van der Waals surface area contributed by atoms with Gasteiger partial charge in [-0.1, -0.05) is 35.5 Å². The number of nitrogens with zero attached hydrogens (tertiary/aromatic N) is 3. The van der Waals surface area contributed by atoms with Crippen molar-refractivity contribution in [3.8, 4) is 11.3 Å². The highest BCUT2D eigenvalue weighted by atomic mass is 127. The molecule has 2 heterocycles. The number of aliphatic hydroxyl groups excluding tert-OH is 4. The molecule has 0 amide bonds. The fourth-order valence-electron chi connectivity index (χ4n) is 2.50. The van der Waals surface area contributed by atoms with Gasteiger partial charge in [0.05, 0.1) is 6.61 Å². The number of aromatic nitrogens is 3. The smallest absolute Gasteiger partial charge is 0.182 e. The zero-order valence-corrected chi connectivity index (χ0v) is 14.1. The summed E-state index contributed by atoms with van der Waals surface area (Å²) in [6, 6.07) is 9.39. The molecule has 0 bridgehead atoms. The zero-order valence-electron chi connectivity index (χ0n) is 11.9. The second-order valence-corrected chi connectivity index (χ2v) is 6.28. The molecule has 9 heteroatoms. The Morgan fingerprint density at radius 2 is 1.78 bits per heavy atom. The lowest BCUT2D eigenvalue weighted by Gasteiger charge is -2.39. The lowest BCUT2D eigenvalue weighted by molar-refractivity contribution is -0.254. The van der Waals surface area contributed by atoms with Crippen LogP contribution >= 0.6 is 22.6 Å². The molecule has 5 atom stereocenters. The van der Waals surface area contributed by atoms with Crippen LogP contribution in [0.2, 0.25) is 0 Å². The van der Waals surface area contributed by atoms with Crippen LogP contribution < -0.4 is 0 Å². The minimum Gasteiger partial charge on any atom is -0.394 e. The van der Waals surface area contributed by atoms with Crippen LogP contribution in [0.25, 0.3) is 11.3 Å². The van der Waals surface area contributed by atoms with Crippen LogP contribution in [0.3, 0.4) is 0 Å². The maximum Gasteiger partial charge on any atom is 0.182 e. The minimum absolute atomic E-state index is 0.488. The lowest BCUT2D eigenvalue weighted by Crippen LogP contribution is -2.56. The number of benzene rings is 1. The highest BCUT2D eigenvalue weighted by Gasteiger charge is 2.45. The summed E-state index contributed by atoms with van der Waals surface area (Å²) in [5.41, 5.74) is 1.47. The highest BCUT2D eigenvalue weighted by molar-refractivity contribution is 14.1. The number of aliphatic hydroxyl groups is 4. The predicted octanol–water partition coefficient (Wildman–Crippen LogP) is -0.478. The van der Waals surface area contributed by atoms with Crippen molar-refractivity contribution in [2.24, 2.45) is 0 Å². The Bertz CT molecular complexity index is 666. The van der Waals surface area contributed by atoms with Gasteiger partial charge in [-0.2, -0.15) is 0 Å². The topological polar surface area (TPSA) is 121 Å². The number of ether oxygens (including phenoxy) is 1. The van der Waals surface area contributed by atoms with Crippen LogP contribution in [0.5, 0.6) is 0 Å². The number of hydrogen-bond acceptors (Lipinski definition) is 7. The van der Waals surface area contributed by atoms with E-state index >= 15 is 0 Å². The van der Waals surface area contributed by atoms with Gasteiger partial charge < -0.3 is 25.2 Å². The van der Waals surface area contributed by atoms with Crippen LogP contribution in [-0.4, -0.2) is 66.4 Å². The molecule has 0 saturated carbocycles. The maximum atomic E-state index is 10.2. The van der Waals surface area contributed by atoms with Gasteiger partial charge in [-0.3, -0.25) is 0 Å². The Kier molecular flexibility index (Phi) is 4.94. The van der Waals surface area contributed by atoms with Crippen molar-refractivity contribution >= 4 is 22.6 Å². The summed E-state index contributed by atoms with van der Waals surface area (Å²) in [5, 5.41) is 47.2. The first kappa shape index (κ1) is 16.7. The van der Waals surface area contributed by atoms with Crippen LogP contribution in [0.1, 0.15) is 6.23 Å². The first-order valence-electron chi connectivity index (χ1n) is 7.01. The summed E-state index contributed by atoms with van der Waals surface area (Å²) in [6.07, 6.45) is -6.29. The number of rotatable bonds is 3. The number of hydrogen-bond donors (Lipinski definition) is 4. The molecular formula is C14H16IN3O5. The average molecular weight is 433 g/mol. The fourth-order valence-corrected chi connectivity index (χ4v) is 3.29. The van der Waals surface area contributed by atoms with E-state index in [0.29, 0.717) is 9.39 Å². The molecule has 1 fully saturated rings. The fraction of sp³-hybridized carbons (Fsp3) is 0.429. The Balaban J connectivity index is 1.94. The van der Waals surface area contributed by atoms with Crippen molar-refractivity contribution in [1.82, 2.24) is 15.0 Å². The maximum absolute atomic E-state index is 10.2. The molecule has 1 aromatic carbocycles. The van der Waals surface area contributed by atoms with Gasteiger partial charge in [0.15, 0.2) is 6.23 Å². The quantitative estimate of drug-likeness (QED) is 0.483. The monoisotopic (exact) mass is 433 g/mol. The Morgan fingerprint density at radius 3 is 2.43 bits per heavy atom. The highest BCUT2D eigenvalue weighted by Crippen LogP contribution is 2.31. The summed E-state index contributed by atoms with van der Waals surface area (Å²) in [7, 11) is 0. The van der Waals surface area contributed by atoms with E-state index in [-0.39, 0.29) is 0 Å². The zero-order chi connectivity index (χ0) is 16.6. The van der Waals surface area contributed by atoms with Crippen molar-refractivity contribution in [3.63, 3.8) is 0 Å². The predicted molar refractivity (Wildman–Crippen MR) is 87.2 cm³/mol. The molecular weight excluding hydrogens is 417 g/mol. The molecule has 1 aliphatic heterocycles. The SMILES string of the molecule is OC[C@H]1O[C@@H](n2nnc(-c3ccccc3)c2I)[C@H](O)[C@@H](O)[C@@H]1O. The van der Waals surface area contributed by atoms with Crippen LogP contribution in [-0.2, 0) is 4.74 Å². The molecule has 124 valence electrons. The molecule has 4 N–H and O–H groups in total. The summed E-state index contributed by atoms with van der Waals surface area (Å²) in [4.78, 5) is 0. The second kappa shape index (κ2) is 6.79. The first-order valence-corrected chi connectivity index (χ1v) is 8.09. The van der Waals surface area contributed by atoms with Crippen molar-refractivity contribution in [2.45, 2.75) is 30.6 Å². The van der Waals surface area contributed by atoms with E-state index in [2.05, 4.69) is 10.3 Å². The molecule has 2 aromatic rings. The molecule has 1 aliphatic rings. The average Bonchev–Trinajstić information content (AvgIpc) is 2.95. The van der Waals surface area contributed by atoms with Crippen molar-refractivity contribution in [3.05, 3.63) is 34.0 Å². The van der Waals surface area contributed by atoms with Crippen LogP contribution in [0.15, 0.2) is 30.3 Å². The van der Waals surface area contributed by atoms with E-state index in [1.54, 1.807) is 0 Å². The van der Waals surface area contributed by atoms with Gasteiger partial charge in [0, 0.05) is 5.56 Å². The number of halogens is 1. The first-order chi connectivity index (χ1) is 11.0. The summed E-state index contributed by atoms with van der Waals surface area (Å²) >= 11 is 2.02. The van der Waals surface area contributed by atoms with Crippen molar-refractivity contribution < 1.29 is 25.2 Å². The van der Waals surface area contributed by atoms with Crippen molar-refractivity contribution in [2.75, 3.05) is 6.61 Å². The lowest BCUT2D eigenvalue weighted by atomic mass is 9.98. The van der Waals surface area contributed by atoms with Gasteiger partial charge in [-0.25, -0.2) is 4.68 Å². The third-order valence-electron chi connectivity index (χ3n) is 3.79. The van der Waals surface area contributed by atoms with Gasteiger partial charge in [0.2, 0.25) is 0 Å². The van der Waals surface area contributed by atoms with Gasteiger partial charge in [-0.15, -0.1) is 5.10 Å². The normalized spacial score (nSPS) is 31.3. The third kappa shape index (κ3) is 2.99. The van der Waals surface area contributed by atoms with E-state index in [4.69, 9.17) is 4.74 Å². The Morgan fingerprint density at radius 1 is 1.09 bits per heavy atom. The molecule has 0 radical (unpaired) electrons. The van der Waals surface area contributed by atoms with Crippen LogP contribution in [0.4, 0.5) is 0 Å². The van der Waals surface area contributed by atoms with Crippen molar-refractivity contribution in [1.29, 1.82) is 0 Å². The molecule has 1 saturated heterocycles. The molecule has 0 spiro atoms. The minimum atomic E-state index is -1.45. The van der Waals surface area contributed by atoms with E-state index in [0.717, 1.165) is 5.56 Å². The standard InChI is InChI=1S/C14H16IN3O5/c15-13-9(7-4-2-1-3-5-7)16-17-18(13)14-12(22)11(21)10(20)8(6-19)23-14/h1-5,8,10-12,14,19-22H,6H2/t8-,10-,11+,12-,14-/m1/s1. The van der Waals surface area contributed by atoms with Gasteiger partial charge in [0.1, 0.15) is 33.8 Å². The summed E-state index contributed by atoms with van der Waals surface area (Å²) in [6.45, 7) is -0.488. The largest absolute Gasteiger partial charge is 0.394 e. The molecule has 3 rings (SSSR count). The van der Waals surface area contributed by atoms with Gasteiger partial charge in [-0.05, 0) is 22.6 Å². The Hall–Kier alpha value is -1.11. The third-order valence-corrected chi connectivity index (χ3v) is 4.80. The summed E-state index contributed by atoms with van der Waals surface area (Å²) in [5.74, 6) is 0. The van der Waals surface area contributed by atoms with E-state index < -0.39 is 37.3 Å². The Labute approximate surface area is 145 Å². The van der Waals surface area contributed by atoms with E-state index in [1.807, 2.05) is 52.9 Å². The molecule has 0 unspecified atom stereocenters. The van der Waals surface area contributed by atoms with Gasteiger partial charge >= 0.3 is 0 Å². The van der Waals surface area contributed by atoms with E-state index in [1.165, 1.54) is 4.68 Å². The van der Waals surface area contributed by atoms with Gasteiger partial charge in [0.25, 0.3) is 0 Å². The second-order valence-electron chi connectivity index (χ2n) is 5.26. The molecule has 0 aliphatic carbocycles. The summed E-state index contributed by atoms with van der Waals surface area (Å²) < 4.78 is 7.44. The molecule has 8 nitrogen and oxygen atoms in total. The van der Waals surface area contributed by atoms with E-state index in [9.17, 15) is 20.4 Å². The van der Waals surface area contributed by atoms with Crippen LogP contribution in [0, 0.1) is 3.70 Å². The molecule has 1 aromatic heterocycles. The molecule has 23 heavy (non-hydrogen) atoms.